The monoisotopic (exact) mass is 450 g/mol. The van der Waals surface area contributed by atoms with E-state index in [1.54, 1.807) is 0 Å². The van der Waals surface area contributed by atoms with Crippen LogP contribution in [0.3, 0.4) is 0 Å². The molecule has 0 atom stereocenters. The molecule has 0 bridgehead atoms. The van der Waals surface area contributed by atoms with Crippen LogP contribution in [0.25, 0.3) is 66.5 Å². The smallest absolute Gasteiger partial charge is 0.136 e. The molecule has 5 aromatic carbocycles. The van der Waals surface area contributed by atoms with Gasteiger partial charge in [-0.2, -0.15) is 0 Å². The number of hydrogen-bond donors (Lipinski definition) is 0. The topological polar surface area (TPSA) is 35.5 Å². The molecule has 0 amide bonds. The molecular weight excluding hydrogens is 432 g/mol. The molecule has 0 saturated heterocycles. The van der Waals surface area contributed by atoms with Crippen molar-refractivity contribution < 1.29 is 13.6 Å². The van der Waals surface area contributed by atoms with Crippen LogP contribution in [0.4, 0.5) is 0 Å². The molecule has 3 nitrogen and oxygen atoms in total. The first-order chi connectivity index (χ1) is 17.3. The van der Waals surface area contributed by atoms with E-state index in [0.29, 0.717) is 0 Å². The molecule has 1 aliphatic heterocycles. The molecular formula is C32H18O3. The van der Waals surface area contributed by atoms with E-state index in [9.17, 15) is 0 Å². The number of fused-ring (bicyclic) bond motifs is 5. The van der Waals surface area contributed by atoms with E-state index in [1.807, 2.05) is 54.6 Å². The number of furan rings is 2. The fourth-order valence-corrected chi connectivity index (χ4v) is 5.35. The van der Waals surface area contributed by atoms with Gasteiger partial charge in [0.25, 0.3) is 0 Å². The van der Waals surface area contributed by atoms with E-state index < -0.39 is 0 Å². The zero-order chi connectivity index (χ0) is 22.9. The minimum absolute atomic E-state index is 0.823. The SMILES string of the molecule is c1ccc2c(c1)Oc1cccc3cc(-c4ccc(-c5cccc6oc7ccccc7c56)o4)cc-2c13. The van der Waals surface area contributed by atoms with Gasteiger partial charge in [0.2, 0.25) is 0 Å². The molecule has 3 heterocycles. The van der Waals surface area contributed by atoms with Crippen LogP contribution < -0.4 is 4.74 Å². The summed E-state index contributed by atoms with van der Waals surface area (Å²) in [4.78, 5) is 0. The molecule has 0 saturated carbocycles. The Balaban J connectivity index is 1.33. The lowest BCUT2D eigenvalue weighted by atomic mass is 9.92. The van der Waals surface area contributed by atoms with Crippen LogP contribution in [-0.4, -0.2) is 0 Å². The maximum atomic E-state index is 6.49. The first kappa shape index (κ1) is 18.6. The van der Waals surface area contributed by atoms with Gasteiger partial charge in [-0.05, 0) is 59.5 Å². The Bertz CT molecular complexity index is 1940. The first-order valence-electron chi connectivity index (χ1n) is 11.7. The van der Waals surface area contributed by atoms with Gasteiger partial charge >= 0.3 is 0 Å². The zero-order valence-corrected chi connectivity index (χ0v) is 18.6. The van der Waals surface area contributed by atoms with Crippen molar-refractivity contribution in [1.29, 1.82) is 0 Å². The van der Waals surface area contributed by atoms with Gasteiger partial charge in [-0.3, -0.25) is 0 Å². The summed E-state index contributed by atoms with van der Waals surface area (Å²) in [5, 5.41) is 4.44. The Kier molecular flexibility index (Phi) is 3.66. The average molecular weight is 450 g/mol. The average Bonchev–Trinajstić information content (AvgIpc) is 3.54. The van der Waals surface area contributed by atoms with Crippen molar-refractivity contribution >= 4 is 32.7 Å². The Labute approximate surface area is 200 Å². The fourth-order valence-electron chi connectivity index (χ4n) is 5.35. The van der Waals surface area contributed by atoms with Crippen molar-refractivity contribution in [2.45, 2.75) is 0 Å². The van der Waals surface area contributed by atoms with Gasteiger partial charge in [-0.15, -0.1) is 0 Å². The molecule has 0 N–H and O–H groups in total. The van der Waals surface area contributed by atoms with Crippen molar-refractivity contribution in [2.24, 2.45) is 0 Å². The predicted octanol–water partition coefficient (Wildman–Crippen LogP) is 9.44. The van der Waals surface area contributed by atoms with Crippen LogP contribution in [-0.2, 0) is 0 Å². The number of ether oxygens (including phenoxy) is 1. The molecule has 0 aliphatic carbocycles. The van der Waals surface area contributed by atoms with Gasteiger partial charge in [-0.25, -0.2) is 0 Å². The van der Waals surface area contributed by atoms with E-state index >= 15 is 0 Å². The van der Waals surface area contributed by atoms with E-state index in [-0.39, 0.29) is 0 Å². The Morgan fingerprint density at radius 2 is 1.23 bits per heavy atom. The molecule has 7 aromatic rings. The largest absolute Gasteiger partial charge is 0.456 e. The second-order valence-corrected chi connectivity index (χ2v) is 8.92. The summed E-state index contributed by atoms with van der Waals surface area (Å²) >= 11 is 0. The third-order valence-corrected chi connectivity index (χ3v) is 6.89. The Morgan fingerprint density at radius 1 is 0.457 bits per heavy atom. The fraction of sp³-hybridized carbons (Fsp3) is 0. The number of rotatable bonds is 2. The third-order valence-electron chi connectivity index (χ3n) is 6.89. The summed E-state index contributed by atoms with van der Waals surface area (Å²) < 4.78 is 18.8. The van der Waals surface area contributed by atoms with Gasteiger partial charge < -0.3 is 13.6 Å². The van der Waals surface area contributed by atoms with Crippen LogP contribution in [0, 0.1) is 0 Å². The van der Waals surface area contributed by atoms with Crippen molar-refractivity contribution in [3.8, 4) is 45.3 Å². The highest BCUT2D eigenvalue weighted by Gasteiger charge is 2.21. The Morgan fingerprint density at radius 3 is 2.23 bits per heavy atom. The zero-order valence-electron chi connectivity index (χ0n) is 18.6. The summed E-state index contributed by atoms with van der Waals surface area (Å²) in [5.41, 5.74) is 6.07. The number of hydrogen-bond acceptors (Lipinski definition) is 3. The minimum Gasteiger partial charge on any atom is -0.456 e. The molecule has 3 heteroatoms. The summed E-state index contributed by atoms with van der Waals surface area (Å²) in [6.45, 7) is 0. The van der Waals surface area contributed by atoms with Gasteiger partial charge in [0.1, 0.15) is 34.2 Å². The summed E-state index contributed by atoms with van der Waals surface area (Å²) in [7, 11) is 0. The third kappa shape index (κ3) is 2.66. The highest BCUT2D eigenvalue weighted by molar-refractivity contribution is 6.12. The number of para-hydroxylation sites is 2. The molecule has 2 aromatic heterocycles. The van der Waals surface area contributed by atoms with Crippen molar-refractivity contribution in [1.82, 2.24) is 0 Å². The lowest BCUT2D eigenvalue weighted by molar-refractivity contribution is 0.487. The van der Waals surface area contributed by atoms with Crippen LogP contribution in [0.15, 0.2) is 118 Å². The van der Waals surface area contributed by atoms with Gasteiger partial charge in [-0.1, -0.05) is 60.7 Å². The standard InChI is InChI=1S/C32H18O3/c1-3-11-26-21(8-1)24-18-20(17-19-7-5-13-29(34-26)31(19)24)25-15-16-28(33-25)23-10-6-14-30-32(23)22-9-2-4-12-27(22)35-30/h1-18H. The Hall–Kier alpha value is -4.76. The maximum Gasteiger partial charge on any atom is 0.136 e. The molecule has 164 valence electrons. The second kappa shape index (κ2) is 6.87. The van der Waals surface area contributed by atoms with E-state index in [1.165, 1.54) is 0 Å². The van der Waals surface area contributed by atoms with Crippen molar-refractivity contribution in [2.75, 3.05) is 0 Å². The second-order valence-electron chi connectivity index (χ2n) is 8.92. The molecule has 1 aliphatic rings. The molecule has 0 spiro atoms. The molecule has 8 rings (SSSR count). The van der Waals surface area contributed by atoms with E-state index in [4.69, 9.17) is 13.6 Å². The van der Waals surface area contributed by atoms with Gasteiger partial charge in [0.05, 0.1) is 0 Å². The first-order valence-corrected chi connectivity index (χ1v) is 11.7. The molecule has 0 radical (unpaired) electrons. The highest BCUT2D eigenvalue weighted by atomic mass is 16.5. The molecule has 0 fully saturated rings. The molecule has 0 unspecified atom stereocenters. The lowest BCUT2D eigenvalue weighted by Crippen LogP contribution is -1.97. The van der Waals surface area contributed by atoms with E-state index in [0.717, 1.165) is 78.0 Å². The van der Waals surface area contributed by atoms with Gasteiger partial charge in [0, 0.05) is 32.8 Å². The van der Waals surface area contributed by atoms with Crippen LogP contribution in [0.2, 0.25) is 0 Å². The van der Waals surface area contributed by atoms with Gasteiger partial charge in [0.15, 0.2) is 0 Å². The summed E-state index contributed by atoms with van der Waals surface area (Å²) in [6.07, 6.45) is 0. The maximum absolute atomic E-state index is 6.49. The lowest BCUT2D eigenvalue weighted by Gasteiger charge is -2.21. The minimum atomic E-state index is 0.823. The van der Waals surface area contributed by atoms with Crippen LogP contribution >= 0.6 is 0 Å². The molecule has 35 heavy (non-hydrogen) atoms. The van der Waals surface area contributed by atoms with Crippen LogP contribution in [0.1, 0.15) is 0 Å². The number of benzene rings is 5. The van der Waals surface area contributed by atoms with E-state index in [2.05, 4.69) is 54.6 Å². The quantitative estimate of drug-likeness (QED) is 0.263. The highest BCUT2D eigenvalue weighted by Crippen LogP contribution is 2.48. The van der Waals surface area contributed by atoms with Crippen LogP contribution in [0.5, 0.6) is 11.5 Å². The predicted molar refractivity (Wildman–Crippen MR) is 140 cm³/mol. The van der Waals surface area contributed by atoms with Crippen molar-refractivity contribution in [3.63, 3.8) is 0 Å². The summed E-state index contributed by atoms with van der Waals surface area (Å²) in [6, 6.07) is 37.1. The normalized spacial score (nSPS) is 12.2. The van der Waals surface area contributed by atoms with Crippen molar-refractivity contribution in [3.05, 3.63) is 109 Å². The summed E-state index contributed by atoms with van der Waals surface area (Å²) in [5.74, 6) is 3.42.